The maximum Gasteiger partial charge on any atom is 0.0634 e. The van der Waals surface area contributed by atoms with E-state index in [-0.39, 0.29) is 5.60 Å². The van der Waals surface area contributed by atoms with Crippen molar-refractivity contribution in [3.63, 3.8) is 0 Å². The average molecular weight is 242 g/mol. The Morgan fingerprint density at radius 3 is 2.71 bits per heavy atom. The van der Waals surface area contributed by atoms with Crippen molar-refractivity contribution in [1.29, 1.82) is 0 Å². The number of nitrogens with zero attached hydrogens (tertiary/aromatic N) is 1. The molecule has 1 N–H and O–H groups in total. The van der Waals surface area contributed by atoms with Gasteiger partial charge >= 0.3 is 0 Å². The summed E-state index contributed by atoms with van der Waals surface area (Å²) in [5, 5.41) is 3.56. The molecule has 3 heteroatoms. The molecule has 1 atom stereocenters. The van der Waals surface area contributed by atoms with Gasteiger partial charge in [-0.05, 0) is 39.7 Å². The molecule has 0 aromatic heterocycles. The Balaban J connectivity index is 2.31. The Bertz CT molecular complexity index is 216. The van der Waals surface area contributed by atoms with Crippen molar-refractivity contribution in [2.75, 3.05) is 26.7 Å². The highest BCUT2D eigenvalue weighted by molar-refractivity contribution is 4.83. The lowest BCUT2D eigenvalue weighted by Crippen LogP contribution is -2.42. The second-order valence-corrected chi connectivity index (χ2v) is 6.11. The fourth-order valence-corrected chi connectivity index (χ4v) is 2.31. The van der Waals surface area contributed by atoms with Crippen molar-refractivity contribution in [3.8, 4) is 0 Å². The Morgan fingerprint density at radius 2 is 2.12 bits per heavy atom. The normalized spacial score (nSPS) is 22.6. The molecular weight excluding hydrogens is 212 g/mol. The number of hydrogen-bond donors (Lipinski definition) is 1. The number of methoxy groups -OCH3 is 1. The van der Waals surface area contributed by atoms with Crippen LogP contribution in [0.5, 0.6) is 0 Å². The first-order valence-electron chi connectivity index (χ1n) is 6.97. The third-order valence-electron chi connectivity index (χ3n) is 3.81. The Labute approximate surface area is 107 Å². The van der Waals surface area contributed by atoms with Crippen molar-refractivity contribution in [2.45, 2.75) is 64.6 Å². The van der Waals surface area contributed by atoms with E-state index < -0.39 is 0 Å². The van der Waals surface area contributed by atoms with Crippen molar-refractivity contribution in [3.05, 3.63) is 0 Å². The number of ether oxygens (including phenoxy) is 1. The molecule has 0 amide bonds. The Morgan fingerprint density at radius 1 is 1.41 bits per heavy atom. The molecule has 102 valence electrons. The largest absolute Gasteiger partial charge is 0.379 e. The highest BCUT2D eigenvalue weighted by Gasteiger charge is 2.26. The minimum atomic E-state index is 0.0125. The first kappa shape index (κ1) is 14.9. The van der Waals surface area contributed by atoms with E-state index in [4.69, 9.17) is 4.74 Å². The fourth-order valence-electron chi connectivity index (χ4n) is 2.31. The number of rotatable bonds is 7. The van der Waals surface area contributed by atoms with Gasteiger partial charge in [0.25, 0.3) is 0 Å². The van der Waals surface area contributed by atoms with Crippen LogP contribution in [0.1, 0.15) is 47.0 Å². The van der Waals surface area contributed by atoms with Gasteiger partial charge in [0.1, 0.15) is 0 Å². The molecular formula is C14H30N2O. The van der Waals surface area contributed by atoms with Crippen molar-refractivity contribution in [1.82, 2.24) is 10.2 Å². The van der Waals surface area contributed by atoms with Crippen LogP contribution < -0.4 is 5.32 Å². The molecule has 0 bridgehead atoms. The third kappa shape index (κ3) is 5.36. The van der Waals surface area contributed by atoms with Crippen LogP contribution in [0.25, 0.3) is 0 Å². The summed E-state index contributed by atoms with van der Waals surface area (Å²) in [5.41, 5.74) is 0.0125. The standard InChI is InChI=1S/C14H30N2O/c1-12(2)15-11-13-7-6-9-16(13)10-8-14(3,4)17-5/h12-13,15H,6-11H2,1-5H3. The minimum absolute atomic E-state index is 0.0125. The predicted octanol–water partition coefficient (Wildman–Crippen LogP) is 2.26. The van der Waals surface area contributed by atoms with E-state index in [0.717, 1.165) is 25.6 Å². The summed E-state index contributed by atoms with van der Waals surface area (Å²) in [4.78, 5) is 2.62. The first-order valence-corrected chi connectivity index (χ1v) is 6.97. The summed E-state index contributed by atoms with van der Waals surface area (Å²) in [6.07, 6.45) is 3.80. The maximum absolute atomic E-state index is 5.49. The van der Waals surface area contributed by atoms with Crippen LogP contribution in [-0.4, -0.2) is 49.3 Å². The van der Waals surface area contributed by atoms with Crippen molar-refractivity contribution < 1.29 is 4.74 Å². The van der Waals surface area contributed by atoms with Crippen LogP contribution in [0.15, 0.2) is 0 Å². The van der Waals surface area contributed by atoms with Crippen molar-refractivity contribution in [2.24, 2.45) is 0 Å². The van der Waals surface area contributed by atoms with Gasteiger partial charge in [-0.3, -0.25) is 4.90 Å². The fraction of sp³-hybridized carbons (Fsp3) is 1.00. The zero-order valence-electron chi connectivity index (χ0n) is 12.3. The summed E-state index contributed by atoms with van der Waals surface area (Å²) in [5.74, 6) is 0. The SMILES string of the molecule is COC(C)(C)CCN1CCCC1CNC(C)C. The van der Waals surface area contributed by atoms with Gasteiger partial charge in [-0.15, -0.1) is 0 Å². The molecule has 1 aliphatic heterocycles. The van der Waals surface area contributed by atoms with E-state index >= 15 is 0 Å². The average Bonchev–Trinajstić information content (AvgIpc) is 2.71. The van der Waals surface area contributed by atoms with Crippen LogP contribution >= 0.6 is 0 Å². The van der Waals surface area contributed by atoms with Crippen LogP contribution in [0, 0.1) is 0 Å². The van der Waals surface area contributed by atoms with Gasteiger partial charge < -0.3 is 10.1 Å². The first-order chi connectivity index (χ1) is 7.94. The van der Waals surface area contributed by atoms with E-state index in [1.165, 1.54) is 19.4 Å². The van der Waals surface area contributed by atoms with Gasteiger partial charge in [-0.2, -0.15) is 0 Å². The molecule has 0 aliphatic carbocycles. The van der Waals surface area contributed by atoms with E-state index in [0.29, 0.717) is 6.04 Å². The second-order valence-electron chi connectivity index (χ2n) is 6.11. The summed E-state index contributed by atoms with van der Waals surface area (Å²) in [6, 6.07) is 1.32. The lowest BCUT2D eigenvalue weighted by atomic mass is 10.0. The molecule has 1 rings (SSSR count). The Kier molecular flexibility index (Phi) is 5.90. The van der Waals surface area contributed by atoms with Crippen molar-refractivity contribution >= 4 is 0 Å². The van der Waals surface area contributed by atoms with Crippen LogP contribution in [-0.2, 0) is 4.74 Å². The molecule has 1 unspecified atom stereocenters. The van der Waals surface area contributed by atoms with Gasteiger partial charge in [0.2, 0.25) is 0 Å². The van der Waals surface area contributed by atoms with Gasteiger partial charge in [0, 0.05) is 32.3 Å². The summed E-state index contributed by atoms with van der Waals surface area (Å²) >= 11 is 0. The van der Waals surface area contributed by atoms with Gasteiger partial charge in [-0.25, -0.2) is 0 Å². The minimum Gasteiger partial charge on any atom is -0.379 e. The maximum atomic E-state index is 5.49. The molecule has 0 aromatic carbocycles. The van der Waals surface area contributed by atoms with Crippen LogP contribution in [0.3, 0.4) is 0 Å². The van der Waals surface area contributed by atoms with Crippen LogP contribution in [0.4, 0.5) is 0 Å². The van der Waals surface area contributed by atoms with E-state index in [9.17, 15) is 0 Å². The number of hydrogen-bond acceptors (Lipinski definition) is 3. The molecule has 3 nitrogen and oxygen atoms in total. The van der Waals surface area contributed by atoms with Gasteiger partial charge in [0.05, 0.1) is 5.60 Å². The quantitative estimate of drug-likeness (QED) is 0.741. The summed E-state index contributed by atoms with van der Waals surface area (Å²) in [7, 11) is 1.81. The summed E-state index contributed by atoms with van der Waals surface area (Å²) < 4.78 is 5.49. The molecule has 0 aromatic rings. The Hall–Kier alpha value is -0.120. The molecule has 0 radical (unpaired) electrons. The molecule has 0 spiro atoms. The molecule has 0 saturated carbocycles. The third-order valence-corrected chi connectivity index (χ3v) is 3.81. The molecule has 17 heavy (non-hydrogen) atoms. The van der Waals surface area contributed by atoms with E-state index in [2.05, 4.69) is 37.9 Å². The highest BCUT2D eigenvalue weighted by atomic mass is 16.5. The molecule has 1 aliphatic rings. The monoisotopic (exact) mass is 242 g/mol. The lowest BCUT2D eigenvalue weighted by Gasteiger charge is -2.30. The van der Waals surface area contributed by atoms with Crippen LogP contribution in [0.2, 0.25) is 0 Å². The van der Waals surface area contributed by atoms with Gasteiger partial charge in [0.15, 0.2) is 0 Å². The molecule has 1 fully saturated rings. The molecule has 1 saturated heterocycles. The smallest absolute Gasteiger partial charge is 0.0634 e. The number of likely N-dealkylation sites (tertiary alicyclic amines) is 1. The van der Waals surface area contributed by atoms with Gasteiger partial charge in [-0.1, -0.05) is 13.8 Å². The highest BCUT2D eigenvalue weighted by Crippen LogP contribution is 2.20. The zero-order chi connectivity index (χ0) is 12.9. The zero-order valence-corrected chi connectivity index (χ0v) is 12.3. The second kappa shape index (κ2) is 6.72. The van der Waals surface area contributed by atoms with E-state index in [1.807, 2.05) is 7.11 Å². The van der Waals surface area contributed by atoms with E-state index in [1.54, 1.807) is 0 Å². The number of nitrogens with one attached hydrogen (secondary N) is 1. The molecule has 1 heterocycles. The predicted molar refractivity (Wildman–Crippen MR) is 73.4 cm³/mol. The topological polar surface area (TPSA) is 24.5 Å². The summed E-state index contributed by atoms with van der Waals surface area (Å²) in [6.45, 7) is 12.3. The lowest BCUT2D eigenvalue weighted by molar-refractivity contribution is 0.00648.